The second kappa shape index (κ2) is 7.02. The molecule has 0 aliphatic heterocycles. The number of aromatic nitrogens is 1. The maximum atomic E-state index is 12.1. The van der Waals surface area contributed by atoms with Gasteiger partial charge in [-0.25, -0.2) is 14.0 Å². The highest BCUT2D eigenvalue weighted by Gasteiger charge is 2.10. The van der Waals surface area contributed by atoms with Crippen LogP contribution in [0, 0.1) is 6.92 Å². The highest BCUT2D eigenvalue weighted by molar-refractivity contribution is 7.83. The molecule has 0 saturated heterocycles. The van der Waals surface area contributed by atoms with Gasteiger partial charge in [-0.2, -0.15) is 5.10 Å². The maximum absolute atomic E-state index is 12.1. The summed E-state index contributed by atoms with van der Waals surface area (Å²) in [7, 11) is -1.44. The van der Waals surface area contributed by atoms with Gasteiger partial charge in [0.1, 0.15) is 5.15 Å². The first-order chi connectivity index (χ1) is 9.99. The van der Waals surface area contributed by atoms with Gasteiger partial charge in [-0.15, -0.1) is 0 Å². The van der Waals surface area contributed by atoms with Crippen LogP contribution in [0.1, 0.15) is 18.1 Å². The van der Waals surface area contributed by atoms with E-state index in [0.717, 1.165) is 5.56 Å². The van der Waals surface area contributed by atoms with E-state index in [2.05, 4.69) is 14.9 Å². The summed E-state index contributed by atoms with van der Waals surface area (Å²) >= 11 is 12.1. The van der Waals surface area contributed by atoms with Gasteiger partial charge in [0.2, 0.25) is 0 Å². The molecule has 7 heteroatoms. The Labute approximate surface area is 135 Å². The largest absolute Gasteiger partial charge is 0.244 e. The van der Waals surface area contributed by atoms with Crippen molar-refractivity contribution in [1.29, 1.82) is 0 Å². The average Bonchev–Trinajstić information content (AvgIpc) is 2.45. The molecule has 0 bridgehead atoms. The second-order valence-corrected chi connectivity index (χ2v) is 6.29. The molecule has 4 nitrogen and oxygen atoms in total. The molecule has 0 aliphatic rings. The summed E-state index contributed by atoms with van der Waals surface area (Å²) < 4.78 is 12.1. The van der Waals surface area contributed by atoms with Gasteiger partial charge in [0.15, 0.2) is 11.0 Å². The van der Waals surface area contributed by atoms with Crippen LogP contribution in [0.15, 0.2) is 46.5 Å². The number of benzene rings is 1. The van der Waals surface area contributed by atoms with E-state index < -0.39 is 11.0 Å². The molecule has 0 aliphatic carbocycles. The highest BCUT2D eigenvalue weighted by Crippen LogP contribution is 2.22. The van der Waals surface area contributed by atoms with Crippen molar-refractivity contribution in [3.05, 3.63) is 57.8 Å². The number of rotatable bonds is 4. The summed E-state index contributed by atoms with van der Waals surface area (Å²) in [6, 6.07) is 8.97. The zero-order valence-electron chi connectivity index (χ0n) is 11.4. The molecule has 21 heavy (non-hydrogen) atoms. The summed E-state index contributed by atoms with van der Waals surface area (Å²) in [5, 5.41) is 4.77. The Balaban J connectivity index is 2.17. The van der Waals surface area contributed by atoms with Crippen molar-refractivity contribution in [2.75, 3.05) is 0 Å². The summed E-state index contributed by atoms with van der Waals surface area (Å²) in [5.74, 6) is 0. The van der Waals surface area contributed by atoms with Gasteiger partial charge >= 0.3 is 0 Å². The van der Waals surface area contributed by atoms with Crippen molar-refractivity contribution in [1.82, 2.24) is 9.82 Å². The minimum absolute atomic E-state index is 0.256. The number of pyridine rings is 1. The van der Waals surface area contributed by atoms with Crippen LogP contribution < -0.4 is 4.83 Å². The third-order valence-corrected chi connectivity index (χ3v) is 4.31. The van der Waals surface area contributed by atoms with Gasteiger partial charge in [0.25, 0.3) is 0 Å². The zero-order chi connectivity index (χ0) is 15.4. The van der Waals surface area contributed by atoms with E-state index in [0.29, 0.717) is 21.2 Å². The molecule has 1 atom stereocenters. The van der Waals surface area contributed by atoms with E-state index in [1.165, 1.54) is 6.20 Å². The van der Waals surface area contributed by atoms with E-state index in [4.69, 9.17) is 23.2 Å². The van der Waals surface area contributed by atoms with Gasteiger partial charge in [-0.05, 0) is 32.0 Å². The molecule has 2 aromatic rings. The van der Waals surface area contributed by atoms with Gasteiger partial charge in [-0.3, -0.25) is 0 Å². The van der Waals surface area contributed by atoms with E-state index in [1.807, 2.05) is 19.1 Å². The van der Waals surface area contributed by atoms with Gasteiger partial charge in [0, 0.05) is 6.20 Å². The topological polar surface area (TPSA) is 54.4 Å². The van der Waals surface area contributed by atoms with E-state index >= 15 is 0 Å². The molecule has 0 spiro atoms. The van der Waals surface area contributed by atoms with Crippen LogP contribution in [0.3, 0.4) is 0 Å². The van der Waals surface area contributed by atoms with E-state index in [-0.39, 0.29) is 5.15 Å². The maximum Gasteiger partial charge on any atom is 0.166 e. The normalized spacial score (nSPS) is 13.0. The number of hydrazone groups is 1. The average molecular weight is 342 g/mol. The number of aryl methyl sites for hydroxylation is 1. The molecule has 0 saturated carbocycles. The van der Waals surface area contributed by atoms with Crippen molar-refractivity contribution in [3.63, 3.8) is 0 Å². The Morgan fingerprint density at radius 1 is 1.24 bits per heavy atom. The van der Waals surface area contributed by atoms with Crippen molar-refractivity contribution in [2.24, 2.45) is 5.10 Å². The number of hydrogen-bond donors (Lipinski definition) is 1. The summed E-state index contributed by atoms with van der Waals surface area (Å²) in [4.78, 5) is 7.18. The smallest absolute Gasteiger partial charge is 0.166 e. The SMILES string of the molecule is C/C(=N\NS(=O)c1ccc(C)cc1)c1c(Cl)ccnc1Cl. The first kappa shape index (κ1) is 15.9. The Hall–Kier alpha value is -1.43. The van der Waals surface area contributed by atoms with Crippen LogP contribution in [-0.4, -0.2) is 14.9 Å². The number of hydrogen-bond acceptors (Lipinski definition) is 3. The molecule has 0 amide bonds. The molecule has 1 aromatic carbocycles. The minimum atomic E-state index is -1.44. The first-order valence-corrected chi connectivity index (χ1v) is 7.98. The third kappa shape index (κ3) is 4.03. The lowest BCUT2D eigenvalue weighted by molar-refractivity contribution is 0.675. The van der Waals surface area contributed by atoms with Crippen molar-refractivity contribution >= 4 is 39.9 Å². The van der Waals surface area contributed by atoms with Crippen molar-refractivity contribution in [2.45, 2.75) is 18.7 Å². The fourth-order valence-electron chi connectivity index (χ4n) is 1.62. The fraction of sp³-hybridized carbons (Fsp3) is 0.143. The summed E-state index contributed by atoms with van der Waals surface area (Å²) in [5.41, 5.74) is 2.14. The Bertz CT molecular complexity index is 682. The predicted molar refractivity (Wildman–Crippen MR) is 87.2 cm³/mol. The molecule has 0 radical (unpaired) electrons. The van der Waals surface area contributed by atoms with Crippen molar-refractivity contribution < 1.29 is 4.21 Å². The standard InChI is InChI=1S/C14H13Cl2N3OS/c1-9-3-5-11(6-4-9)21(20)19-18-10(2)13-12(15)7-8-17-14(13)16/h3-8,19H,1-2H3/b18-10+. The van der Waals surface area contributed by atoms with Gasteiger partial charge in [-0.1, -0.05) is 40.9 Å². The molecule has 2 rings (SSSR count). The minimum Gasteiger partial charge on any atom is -0.244 e. The fourth-order valence-corrected chi connectivity index (χ4v) is 2.95. The van der Waals surface area contributed by atoms with Crippen molar-refractivity contribution in [3.8, 4) is 0 Å². The lowest BCUT2D eigenvalue weighted by atomic mass is 10.2. The summed E-state index contributed by atoms with van der Waals surface area (Å²) in [6.45, 7) is 3.68. The molecule has 0 fully saturated rings. The van der Waals surface area contributed by atoms with Crippen LogP contribution in [0.25, 0.3) is 0 Å². The van der Waals surface area contributed by atoms with Gasteiger partial charge < -0.3 is 0 Å². The molecular formula is C14H13Cl2N3OS. The lowest BCUT2D eigenvalue weighted by Gasteiger charge is -2.06. The van der Waals surface area contributed by atoms with Crippen LogP contribution in [0.5, 0.6) is 0 Å². The third-order valence-electron chi connectivity index (χ3n) is 2.75. The van der Waals surface area contributed by atoms with E-state index in [1.54, 1.807) is 25.1 Å². The highest BCUT2D eigenvalue weighted by atomic mass is 35.5. The molecule has 1 N–H and O–H groups in total. The second-order valence-electron chi connectivity index (χ2n) is 4.33. The first-order valence-electron chi connectivity index (χ1n) is 6.08. The molecule has 1 unspecified atom stereocenters. The Morgan fingerprint density at radius 3 is 2.52 bits per heavy atom. The zero-order valence-corrected chi connectivity index (χ0v) is 13.8. The molecule has 1 heterocycles. The predicted octanol–water partition coefficient (Wildman–Crippen LogP) is 3.73. The lowest BCUT2D eigenvalue weighted by Crippen LogP contribution is -2.13. The molecular weight excluding hydrogens is 329 g/mol. The van der Waals surface area contributed by atoms with E-state index in [9.17, 15) is 4.21 Å². The number of halogens is 2. The Kier molecular flexibility index (Phi) is 5.33. The van der Waals surface area contributed by atoms with Gasteiger partial charge in [0.05, 0.1) is 21.2 Å². The number of nitrogens with one attached hydrogen (secondary N) is 1. The Morgan fingerprint density at radius 2 is 1.90 bits per heavy atom. The van der Waals surface area contributed by atoms with Crippen LogP contribution in [0.2, 0.25) is 10.2 Å². The summed E-state index contributed by atoms with van der Waals surface area (Å²) in [6.07, 6.45) is 1.51. The van der Waals surface area contributed by atoms with Crippen LogP contribution in [-0.2, 0) is 11.0 Å². The molecule has 110 valence electrons. The molecule has 1 aromatic heterocycles. The number of nitrogens with zero attached hydrogens (tertiary/aromatic N) is 2. The monoisotopic (exact) mass is 341 g/mol. The van der Waals surface area contributed by atoms with Crippen LogP contribution in [0.4, 0.5) is 0 Å². The van der Waals surface area contributed by atoms with Crippen LogP contribution >= 0.6 is 23.2 Å². The quantitative estimate of drug-likeness (QED) is 0.523.